The zero-order chi connectivity index (χ0) is 21.8. The maximum Gasteiger partial charge on any atom is 0.252 e. The second-order valence-corrected chi connectivity index (χ2v) is 9.78. The third-order valence-electron chi connectivity index (χ3n) is 4.87. The van der Waals surface area contributed by atoms with Crippen LogP contribution >= 0.6 is 50.9 Å². The second-order valence-electron chi connectivity index (χ2n) is 7.00. The molecule has 158 valence electrons. The Bertz CT molecular complexity index is 1220. The number of para-hydroxylation sites is 1. The van der Waals surface area contributed by atoms with Gasteiger partial charge in [0.1, 0.15) is 0 Å². The summed E-state index contributed by atoms with van der Waals surface area (Å²) in [6, 6.07) is 21.6. The van der Waals surface area contributed by atoms with Crippen molar-refractivity contribution in [2.45, 2.75) is 17.2 Å². The molecule has 0 bridgehead atoms. The normalized spacial score (nSPS) is 11.1. The molecular formula is C24H19BrCl2N2OS. The highest BCUT2D eigenvalue weighted by Gasteiger charge is 2.12. The van der Waals surface area contributed by atoms with E-state index in [0.29, 0.717) is 28.7 Å². The Labute approximate surface area is 203 Å². The van der Waals surface area contributed by atoms with Crippen molar-refractivity contribution >= 4 is 67.7 Å². The molecule has 0 aliphatic carbocycles. The molecule has 0 aliphatic heterocycles. The van der Waals surface area contributed by atoms with Crippen LogP contribution in [0.2, 0.25) is 10.0 Å². The highest BCUT2D eigenvalue weighted by molar-refractivity contribution is 9.10. The van der Waals surface area contributed by atoms with Gasteiger partial charge in [0, 0.05) is 50.3 Å². The predicted octanol–water partition coefficient (Wildman–Crippen LogP) is 7.43. The van der Waals surface area contributed by atoms with Crippen molar-refractivity contribution in [1.29, 1.82) is 0 Å². The lowest BCUT2D eigenvalue weighted by molar-refractivity contribution is 0.0952. The second kappa shape index (κ2) is 10.1. The first kappa shape index (κ1) is 22.3. The van der Waals surface area contributed by atoms with Gasteiger partial charge in [-0.25, -0.2) is 0 Å². The Balaban J connectivity index is 1.44. The average molecular weight is 534 g/mol. The van der Waals surface area contributed by atoms with Crippen molar-refractivity contribution in [2.24, 2.45) is 0 Å². The smallest absolute Gasteiger partial charge is 0.252 e. The molecule has 1 heterocycles. The Hall–Kier alpha value is -1.92. The molecule has 0 spiro atoms. The Morgan fingerprint density at radius 1 is 1.03 bits per heavy atom. The van der Waals surface area contributed by atoms with Gasteiger partial charge in [-0.1, -0.05) is 69.5 Å². The largest absolute Gasteiger partial charge is 0.350 e. The van der Waals surface area contributed by atoms with Crippen LogP contribution in [0.1, 0.15) is 15.9 Å². The van der Waals surface area contributed by atoms with Crippen molar-refractivity contribution in [3.63, 3.8) is 0 Å². The lowest BCUT2D eigenvalue weighted by Gasteiger charge is -2.09. The lowest BCUT2D eigenvalue weighted by atomic mass is 10.2. The van der Waals surface area contributed by atoms with Crippen LogP contribution in [0.4, 0.5) is 0 Å². The number of halogens is 3. The number of amides is 1. The van der Waals surface area contributed by atoms with Crippen molar-refractivity contribution < 1.29 is 4.79 Å². The van der Waals surface area contributed by atoms with Crippen LogP contribution in [0.5, 0.6) is 0 Å². The molecule has 0 fully saturated rings. The third kappa shape index (κ3) is 5.47. The number of carbonyl (C=O) groups excluding carboxylic acids is 1. The topological polar surface area (TPSA) is 34.0 Å². The van der Waals surface area contributed by atoms with Gasteiger partial charge in [0.25, 0.3) is 5.91 Å². The third-order valence-corrected chi connectivity index (χ3v) is 7.06. The summed E-state index contributed by atoms with van der Waals surface area (Å²) in [5.74, 6) is 0.690. The van der Waals surface area contributed by atoms with Crippen LogP contribution < -0.4 is 5.32 Å². The fourth-order valence-electron chi connectivity index (χ4n) is 3.31. The van der Waals surface area contributed by atoms with E-state index in [1.165, 1.54) is 15.8 Å². The number of hydrogen-bond donors (Lipinski definition) is 1. The number of aromatic nitrogens is 1. The van der Waals surface area contributed by atoms with Crippen LogP contribution in [0, 0.1) is 0 Å². The summed E-state index contributed by atoms with van der Waals surface area (Å²) in [6.07, 6.45) is 2.16. The first-order valence-corrected chi connectivity index (χ1v) is 12.2. The maximum atomic E-state index is 12.5. The number of thioether (sulfide) groups is 1. The zero-order valence-corrected chi connectivity index (χ0v) is 20.4. The Morgan fingerprint density at radius 2 is 1.81 bits per heavy atom. The molecule has 3 nitrogen and oxygen atoms in total. The number of rotatable bonds is 7. The van der Waals surface area contributed by atoms with Gasteiger partial charge in [0.15, 0.2) is 0 Å². The predicted molar refractivity (Wildman–Crippen MR) is 134 cm³/mol. The van der Waals surface area contributed by atoms with Gasteiger partial charge in [0.05, 0.1) is 10.6 Å². The molecule has 31 heavy (non-hydrogen) atoms. The Kier molecular flexibility index (Phi) is 7.28. The van der Waals surface area contributed by atoms with Gasteiger partial charge in [-0.15, -0.1) is 11.8 Å². The van der Waals surface area contributed by atoms with Crippen LogP contribution in [0.25, 0.3) is 10.9 Å². The summed E-state index contributed by atoms with van der Waals surface area (Å²) in [5.41, 5.74) is 2.85. The molecule has 0 saturated heterocycles. The van der Waals surface area contributed by atoms with E-state index in [1.54, 1.807) is 18.2 Å². The van der Waals surface area contributed by atoms with E-state index >= 15 is 0 Å². The molecule has 0 aliphatic rings. The molecule has 4 aromatic rings. The number of nitrogens with one attached hydrogen (secondary N) is 1. The quantitative estimate of drug-likeness (QED) is 0.250. The number of carbonyl (C=O) groups is 1. The van der Waals surface area contributed by atoms with Gasteiger partial charge in [-0.2, -0.15) is 0 Å². The van der Waals surface area contributed by atoms with Gasteiger partial charge >= 0.3 is 0 Å². The van der Waals surface area contributed by atoms with E-state index in [1.807, 2.05) is 17.8 Å². The summed E-state index contributed by atoms with van der Waals surface area (Å²) in [7, 11) is 0. The van der Waals surface area contributed by atoms with Gasteiger partial charge < -0.3 is 9.88 Å². The van der Waals surface area contributed by atoms with E-state index in [-0.39, 0.29) is 5.91 Å². The summed E-state index contributed by atoms with van der Waals surface area (Å²) >= 11 is 17.3. The molecule has 1 N–H and O–H groups in total. The molecule has 3 aromatic carbocycles. The molecule has 0 atom stereocenters. The van der Waals surface area contributed by atoms with Crippen molar-refractivity contribution in [2.75, 3.05) is 6.54 Å². The number of benzene rings is 3. The first-order chi connectivity index (χ1) is 15.0. The lowest BCUT2D eigenvalue weighted by Crippen LogP contribution is -2.27. The highest BCUT2D eigenvalue weighted by Crippen LogP contribution is 2.32. The average Bonchev–Trinajstić information content (AvgIpc) is 3.11. The minimum absolute atomic E-state index is 0.206. The molecular weight excluding hydrogens is 515 g/mol. The van der Waals surface area contributed by atoms with Crippen LogP contribution in [-0.4, -0.2) is 17.0 Å². The SMILES string of the molecule is O=C(NCCn1cc(SCc2ccc(Br)cc2)c2ccccc21)c1ccc(Cl)cc1Cl. The minimum Gasteiger partial charge on any atom is -0.350 e. The minimum atomic E-state index is -0.206. The van der Waals surface area contributed by atoms with Gasteiger partial charge in [-0.3, -0.25) is 4.79 Å². The molecule has 0 saturated carbocycles. The van der Waals surface area contributed by atoms with Crippen LogP contribution in [0.3, 0.4) is 0 Å². The van der Waals surface area contributed by atoms with Gasteiger partial charge in [0.2, 0.25) is 0 Å². The van der Waals surface area contributed by atoms with Crippen molar-refractivity contribution in [3.8, 4) is 0 Å². The molecule has 7 heteroatoms. The van der Waals surface area contributed by atoms with Crippen molar-refractivity contribution in [3.05, 3.63) is 98.6 Å². The number of fused-ring (bicyclic) bond motifs is 1. The Morgan fingerprint density at radius 3 is 2.58 bits per heavy atom. The van der Waals surface area contributed by atoms with E-state index in [0.717, 1.165) is 15.7 Å². The van der Waals surface area contributed by atoms with Crippen LogP contribution in [0.15, 0.2) is 82.3 Å². The summed E-state index contributed by atoms with van der Waals surface area (Å²) in [5, 5.41) is 5.02. The molecule has 0 unspecified atom stereocenters. The van der Waals surface area contributed by atoms with E-state index < -0.39 is 0 Å². The molecule has 1 amide bonds. The fourth-order valence-corrected chi connectivity index (χ4v) is 5.12. The molecule has 1 aromatic heterocycles. The summed E-state index contributed by atoms with van der Waals surface area (Å²) < 4.78 is 3.27. The monoisotopic (exact) mass is 532 g/mol. The van der Waals surface area contributed by atoms with E-state index in [2.05, 4.69) is 74.5 Å². The van der Waals surface area contributed by atoms with Crippen LogP contribution in [-0.2, 0) is 12.3 Å². The van der Waals surface area contributed by atoms with E-state index in [4.69, 9.17) is 23.2 Å². The fraction of sp³-hybridized carbons (Fsp3) is 0.125. The summed E-state index contributed by atoms with van der Waals surface area (Å²) in [6.45, 7) is 1.16. The summed E-state index contributed by atoms with van der Waals surface area (Å²) in [4.78, 5) is 13.7. The molecule has 4 rings (SSSR count). The standard InChI is InChI=1S/C24H19BrCl2N2OS/c25-17-7-5-16(6-8-17)15-31-23-14-29(22-4-2-1-3-20(22)23)12-11-28-24(30)19-10-9-18(26)13-21(19)27/h1-10,13-14H,11-12,15H2,(H,28,30). The maximum absolute atomic E-state index is 12.5. The number of hydrogen-bond acceptors (Lipinski definition) is 2. The number of nitrogens with zero attached hydrogens (tertiary/aromatic N) is 1. The van der Waals surface area contributed by atoms with Gasteiger partial charge in [-0.05, 0) is 42.0 Å². The van der Waals surface area contributed by atoms with Crippen molar-refractivity contribution in [1.82, 2.24) is 9.88 Å². The zero-order valence-electron chi connectivity index (χ0n) is 16.4. The van der Waals surface area contributed by atoms with E-state index in [9.17, 15) is 4.79 Å². The first-order valence-electron chi connectivity index (χ1n) is 9.69. The highest BCUT2D eigenvalue weighted by atomic mass is 79.9. The molecule has 0 radical (unpaired) electrons.